The summed E-state index contributed by atoms with van der Waals surface area (Å²) in [7, 11) is 0. The minimum atomic E-state index is -0.470. The number of hydrogen-bond donors (Lipinski definition) is 1. The number of hydrogen-bond acceptors (Lipinski definition) is 3. The quantitative estimate of drug-likeness (QED) is 0.883. The second-order valence-corrected chi connectivity index (χ2v) is 7.90. The molecule has 2 atom stereocenters. The van der Waals surface area contributed by atoms with Crippen LogP contribution in [0.4, 0.5) is 10.1 Å². The van der Waals surface area contributed by atoms with E-state index in [1.807, 2.05) is 19.1 Å². The van der Waals surface area contributed by atoms with Gasteiger partial charge in [-0.1, -0.05) is 18.6 Å². The number of pyridine rings is 1. The molecule has 1 aliphatic heterocycles. The molecule has 2 aromatic rings. The van der Waals surface area contributed by atoms with Gasteiger partial charge in [0, 0.05) is 24.0 Å². The maximum Gasteiger partial charge on any atom is 0.270 e. The molecule has 5 nitrogen and oxygen atoms in total. The molecule has 0 radical (unpaired) electrons. The van der Waals surface area contributed by atoms with Gasteiger partial charge in [-0.05, 0) is 62.9 Å². The number of anilines is 1. The molecule has 1 saturated heterocycles. The number of rotatable bonds is 3. The van der Waals surface area contributed by atoms with Crippen molar-refractivity contribution in [2.75, 3.05) is 11.4 Å². The van der Waals surface area contributed by atoms with Gasteiger partial charge in [0.05, 0.1) is 5.41 Å². The Kier molecular flexibility index (Phi) is 4.87. The molecule has 1 N–H and O–H groups in total. The largest absolute Gasteiger partial charge is 0.348 e. The number of carbonyl (C=O) groups is 2. The Balaban J connectivity index is 1.47. The fourth-order valence-corrected chi connectivity index (χ4v) is 4.55. The molecular weight excluding hydrogens is 357 g/mol. The molecule has 1 spiro atoms. The third-order valence-corrected chi connectivity index (χ3v) is 5.93. The van der Waals surface area contributed by atoms with Crippen molar-refractivity contribution in [3.63, 3.8) is 0 Å². The molecule has 2 fully saturated rings. The van der Waals surface area contributed by atoms with Gasteiger partial charge >= 0.3 is 0 Å². The SMILES string of the molecule is Cc1cccc(C(=O)N[C@H]2CCCC3(CCN(c4cccc(F)c4)C3=O)C2)n1. The molecule has 0 bridgehead atoms. The predicted octanol–water partition coefficient (Wildman–Crippen LogP) is 3.62. The summed E-state index contributed by atoms with van der Waals surface area (Å²) in [4.78, 5) is 31.8. The Bertz CT molecular complexity index is 916. The zero-order valence-corrected chi connectivity index (χ0v) is 16.0. The standard InChI is InChI=1S/C22H24FN3O2/c1-15-5-2-9-19(24-15)20(27)25-17-7-4-10-22(14-17)11-12-26(21(22)28)18-8-3-6-16(23)13-18/h2-3,5-6,8-9,13,17H,4,7,10-12,14H2,1H3,(H,25,27)/t17-,22?/m0/s1. The van der Waals surface area contributed by atoms with Crippen LogP contribution in [0.1, 0.15) is 48.3 Å². The molecule has 1 unspecified atom stereocenters. The van der Waals surface area contributed by atoms with E-state index >= 15 is 0 Å². The van der Waals surface area contributed by atoms with E-state index in [0.29, 0.717) is 24.3 Å². The molecule has 2 amide bonds. The molecule has 4 rings (SSSR count). The van der Waals surface area contributed by atoms with Crippen molar-refractivity contribution in [2.45, 2.75) is 45.1 Å². The predicted molar refractivity (Wildman–Crippen MR) is 104 cm³/mol. The van der Waals surface area contributed by atoms with Crippen LogP contribution in [0.25, 0.3) is 0 Å². The van der Waals surface area contributed by atoms with Crippen LogP contribution in [0.3, 0.4) is 0 Å². The zero-order chi connectivity index (χ0) is 19.7. The van der Waals surface area contributed by atoms with Gasteiger partial charge in [-0.25, -0.2) is 9.37 Å². The molecule has 28 heavy (non-hydrogen) atoms. The molecular formula is C22H24FN3O2. The number of amides is 2. The van der Waals surface area contributed by atoms with E-state index in [0.717, 1.165) is 31.4 Å². The van der Waals surface area contributed by atoms with E-state index in [-0.39, 0.29) is 23.7 Å². The first-order valence-corrected chi connectivity index (χ1v) is 9.79. The lowest BCUT2D eigenvalue weighted by molar-refractivity contribution is -0.127. The number of halogens is 1. The Morgan fingerprint density at radius 1 is 1.25 bits per heavy atom. The van der Waals surface area contributed by atoms with E-state index in [1.165, 1.54) is 12.1 Å². The van der Waals surface area contributed by atoms with Gasteiger partial charge in [0.1, 0.15) is 11.5 Å². The highest BCUT2D eigenvalue weighted by Crippen LogP contribution is 2.46. The van der Waals surface area contributed by atoms with Gasteiger partial charge in [0.25, 0.3) is 5.91 Å². The van der Waals surface area contributed by atoms with E-state index in [4.69, 9.17) is 0 Å². The Morgan fingerprint density at radius 3 is 2.86 bits per heavy atom. The fourth-order valence-electron chi connectivity index (χ4n) is 4.55. The summed E-state index contributed by atoms with van der Waals surface area (Å²) >= 11 is 0. The van der Waals surface area contributed by atoms with E-state index < -0.39 is 5.41 Å². The van der Waals surface area contributed by atoms with Gasteiger partial charge in [-0.3, -0.25) is 9.59 Å². The van der Waals surface area contributed by atoms with Crippen molar-refractivity contribution < 1.29 is 14.0 Å². The molecule has 2 aliphatic rings. The van der Waals surface area contributed by atoms with Crippen LogP contribution in [-0.2, 0) is 4.79 Å². The third kappa shape index (κ3) is 3.51. The van der Waals surface area contributed by atoms with Crippen molar-refractivity contribution in [3.8, 4) is 0 Å². The summed E-state index contributed by atoms with van der Waals surface area (Å²) in [5.74, 6) is -0.491. The molecule has 6 heteroatoms. The fraction of sp³-hybridized carbons (Fsp3) is 0.409. The highest BCUT2D eigenvalue weighted by molar-refractivity contribution is 6.00. The Hall–Kier alpha value is -2.76. The highest BCUT2D eigenvalue weighted by Gasteiger charge is 2.49. The number of aromatic nitrogens is 1. The van der Waals surface area contributed by atoms with Crippen LogP contribution < -0.4 is 10.2 Å². The first kappa shape index (κ1) is 18.6. The van der Waals surface area contributed by atoms with E-state index in [1.54, 1.807) is 23.1 Å². The van der Waals surface area contributed by atoms with Crippen molar-refractivity contribution in [1.82, 2.24) is 10.3 Å². The average molecular weight is 381 g/mol. The summed E-state index contributed by atoms with van der Waals surface area (Å²) in [5, 5.41) is 3.07. The monoisotopic (exact) mass is 381 g/mol. The van der Waals surface area contributed by atoms with Crippen molar-refractivity contribution in [2.24, 2.45) is 5.41 Å². The number of nitrogens with zero attached hydrogens (tertiary/aromatic N) is 2. The number of aryl methyl sites for hydroxylation is 1. The Morgan fingerprint density at radius 2 is 2.07 bits per heavy atom. The van der Waals surface area contributed by atoms with Crippen LogP contribution in [-0.4, -0.2) is 29.4 Å². The van der Waals surface area contributed by atoms with E-state index in [9.17, 15) is 14.0 Å². The number of nitrogens with one attached hydrogen (secondary N) is 1. The van der Waals surface area contributed by atoms with Gasteiger partial charge in [-0.2, -0.15) is 0 Å². The average Bonchev–Trinajstić information content (AvgIpc) is 2.97. The van der Waals surface area contributed by atoms with Crippen LogP contribution in [0.15, 0.2) is 42.5 Å². The van der Waals surface area contributed by atoms with Crippen LogP contribution in [0, 0.1) is 18.2 Å². The Labute approximate surface area is 164 Å². The lowest BCUT2D eigenvalue weighted by atomic mass is 9.71. The lowest BCUT2D eigenvalue weighted by Gasteiger charge is -2.36. The first-order valence-electron chi connectivity index (χ1n) is 9.79. The van der Waals surface area contributed by atoms with Crippen LogP contribution >= 0.6 is 0 Å². The first-order chi connectivity index (χ1) is 13.5. The summed E-state index contributed by atoms with van der Waals surface area (Å²) in [6, 6.07) is 11.5. The molecule has 2 heterocycles. The van der Waals surface area contributed by atoms with Gasteiger partial charge in [0.15, 0.2) is 0 Å². The smallest absolute Gasteiger partial charge is 0.270 e. The van der Waals surface area contributed by atoms with Crippen molar-refractivity contribution in [3.05, 3.63) is 59.7 Å². The van der Waals surface area contributed by atoms with Crippen molar-refractivity contribution >= 4 is 17.5 Å². The minimum Gasteiger partial charge on any atom is -0.348 e. The summed E-state index contributed by atoms with van der Waals surface area (Å²) in [6.45, 7) is 2.44. The topological polar surface area (TPSA) is 62.3 Å². The zero-order valence-electron chi connectivity index (χ0n) is 16.0. The number of benzene rings is 1. The highest BCUT2D eigenvalue weighted by atomic mass is 19.1. The molecule has 1 aromatic heterocycles. The summed E-state index contributed by atoms with van der Waals surface area (Å²) in [5.41, 5.74) is 1.34. The molecule has 1 aliphatic carbocycles. The molecule has 1 saturated carbocycles. The van der Waals surface area contributed by atoms with Crippen molar-refractivity contribution in [1.29, 1.82) is 0 Å². The van der Waals surface area contributed by atoms with Crippen LogP contribution in [0.2, 0.25) is 0 Å². The number of carbonyl (C=O) groups excluding carboxylic acids is 2. The lowest BCUT2D eigenvalue weighted by Crippen LogP contribution is -2.46. The second kappa shape index (κ2) is 7.34. The molecule has 1 aromatic carbocycles. The van der Waals surface area contributed by atoms with E-state index in [2.05, 4.69) is 10.3 Å². The second-order valence-electron chi connectivity index (χ2n) is 7.90. The van der Waals surface area contributed by atoms with Gasteiger partial charge < -0.3 is 10.2 Å². The minimum absolute atomic E-state index is 0.0470. The summed E-state index contributed by atoms with van der Waals surface area (Å²) in [6.07, 6.45) is 3.90. The summed E-state index contributed by atoms with van der Waals surface area (Å²) < 4.78 is 13.6. The van der Waals surface area contributed by atoms with Gasteiger partial charge in [0.2, 0.25) is 5.91 Å². The maximum absolute atomic E-state index is 13.6. The maximum atomic E-state index is 13.6. The normalized spacial score (nSPS) is 24.6. The van der Waals surface area contributed by atoms with Crippen LogP contribution in [0.5, 0.6) is 0 Å². The third-order valence-electron chi connectivity index (χ3n) is 5.93. The van der Waals surface area contributed by atoms with Gasteiger partial charge in [-0.15, -0.1) is 0 Å². The molecule has 146 valence electrons.